The van der Waals surface area contributed by atoms with Gasteiger partial charge in [-0.1, -0.05) is 6.07 Å². The molecule has 5 rings (SSSR count). The third-order valence-corrected chi connectivity index (χ3v) is 5.58. The minimum Gasteiger partial charge on any atom is -0.356 e. The first kappa shape index (κ1) is 14.2. The number of pyridine rings is 1. The lowest BCUT2D eigenvalue weighted by Crippen LogP contribution is -2.29. The number of aromatic nitrogens is 3. The topological polar surface area (TPSA) is 45.2 Å². The number of hydrogen-bond acceptors (Lipinski definition) is 5. The van der Waals surface area contributed by atoms with Crippen molar-refractivity contribution in [2.24, 2.45) is 11.8 Å². The molecule has 3 aliphatic rings. The Kier molecular flexibility index (Phi) is 3.21. The van der Waals surface area contributed by atoms with Crippen LogP contribution in [-0.2, 0) is 0 Å². The number of rotatable bonds is 3. The van der Waals surface area contributed by atoms with Gasteiger partial charge in [0.1, 0.15) is 17.5 Å². The van der Waals surface area contributed by atoms with E-state index in [-0.39, 0.29) is 0 Å². The standard InChI is InChI=1S/C19H23N5/c1-13-8-18(22-19(21-13)14-5-6-14)24-11-15-9-23(10-16(15)12-24)17-4-2-3-7-20-17/h2-4,7-8,14-16H,5-6,9-12H2,1H3. The summed E-state index contributed by atoms with van der Waals surface area (Å²) >= 11 is 0. The van der Waals surface area contributed by atoms with Gasteiger partial charge in [0.05, 0.1) is 0 Å². The minimum atomic E-state index is 0.616. The molecule has 0 amide bonds. The fourth-order valence-corrected chi connectivity index (χ4v) is 4.17. The van der Waals surface area contributed by atoms with Gasteiger partial charge in [0.25, 0.3) is 0 Å². The zero-order valence-electron chi connectivity index (χ0n) is 14.1. The Labute approximate surface area is 142 Å². The van der Waals surface area contributed by atoms with Gasteiger partial charge in [0.2, 0.25) is 0 Å². The second-order valence-electron chi connectivity index (χ2n) is 7.52. The molecular weight excluding hydrogens is 298 g/mol. The van der Waals surface area contributed by atoms with E-state index in [1.54, 1.807) is 0 Å². The van der Waals surface area contributed by atoms with Crippen molar-refractivity contribution in [2.75, 3.05) is 36.0 Å². The number of nitrogens with zero attached hydrogens (tertiary/aromatic N) is 5. The Hall–Kier alpha value is -2.17. The highest BCUT2D eigenvalue weighted by Gasteiger charge is 2.41. The van der Waals surface area contributed by atoms with Crippen molar-refractivity contribution >= 4 is 11.6 Å². The molecule has 2 saturated heterocycles. The van der Waals surface area contributed by atoms with Crippen LogP contribution in [0.3, 0.4) is 0 Å². The van der Waals surface area contributed by atoms with Crippen LogP contribution < -0.4 is 9.80 Å². The molecular formula is C19H23N5. The second kappa shape index (κ2) is 5.43. The van der Waals surface area contributed by atoms with Crippen molar-refractivity contribution in [2.45, 2.75) is 25.7 Å². The molecule has 0 aromatic carbocycles. The smallest absolute Gasteiger partial charge is 0.134 e. The molecule has 0 spiro atoms. The van der Waals surface area contributed by atoms with Crippen LogP contribution >= 0.6 is 0 Å². The average Bonchev–Trinajstić information content (AvgIpc) is 3.25. The fraction of sp³-hybridized carbons (Fsp3) is 0.526. The maximum atomic E-state index is 4.87. The van der Waals surface area contributed by atoms with Crippen molar-refractivity contribution in [3.63, 3.8) is 0 Å². The molecule has 24 heavy (non-hydrogen) atoms. The van der Waals surface area contributed by atoms with Crippen LogP contribution in [0.5, 0.6) is 0 Å². The van der Waals surface area contributed by atoms with Gasteiger partial charge in [-0.2, -0.15) is 0 Å². The van der Waals surface area contributed by atoms with Gasteiger partial charge in [-0.3, -0.25) is 0 Å². The summed E-state index contributed by atoms with van der Waals surface area (Å²) in [6.45, 7) is 6.52. The monoisotopic (exact) mass is 321 g/mol. The molecule has 5 heteroatoms. The van der Waals surface area contributed by atoms with E-state index >= 15 is 0 Å². The molecule has 5 nitrogen and oxygen atoms in total. The van der Waals surface area contributed by atoms with Gasteiger partial charge >= 0.3 is 0 Å². The Morgan fingerprint density at radius 3 is 2.25 bits per heavy atom. The van der Waals surface area contributed by atoms with E-state index in [0.717, 1.165) is 49.3 Å². The summed E-state index contributed by atoms with van der Waals surface area (Å²) in [6.07, 6.45) is 4.40. The van der Waals surface area contributed by atoms with Crippen molar-refractivity contribution in [1.82, 2.24) is 15.0 Å². The summed E-state index contributed by atoms with van der Waals surface area (Å²) in [6, 6.07) is 8.33. The Bertz CT molecular complexity index is 729. The minimum absolute atomic E-state index is 0.616. The van der Waals surface area contributed by atoms with Crippen LogP contribution in [0.4, 0.5) is 11.6 Å². The van der Waals surface area contributed by atoms with E-state index in [1.807, 2.05) is 12.3 Å². The van der Waals surface area contributed by atoms with E-state index in [4.69, 9.17) is 4.98 Å². The van der Waals surface area contributed by atoms with E-state index in [0.29, 0.717) is 17.8 Å². The van der Waals surface area contributed by atoms with Crippen molar-refractivity contribution < 1.29 is 0 Å². The summed E-state index contributed by atoms with van der Waals surface area (Å²) in [5, 5.41) is 0. The average molecular weight is 321 g/mol. The highest BCUT2D eigenvalue weighted by atomic mass is 15.3. The Morgan fingerprint density at radius 2 is 1.62 bits per heavy atom. The molecule has 3 fully saturated rings. The maximum Gasteiger partial charge on any atom is 0.134 e. The van der Waals surface area contributed by atoms with Gasteiger partial charge in [-0.15, -0.1) is 0 Å². The first-order valence-corrected chi connectivity index (χ1v) is 9.03. The van der Waals surface area contributed by atoms with E-state index < -0.39 is 0 Å². The van der Waals surface area contributed by atoms with Crippen LogP contribution in [0.1, 0.15) is 30.3 Å². The molecule has 1 saturated carbocycles. The molecule has 1 aliphatic carbocycles. The van der Waals surface area contributed by atoms with Crippen LogP contribution in [0.25, 0.3) is 0 Å². The normalized spacial score (nSPS) is 26.0. The predicted octanol–water partition coefficient (Wildman–Crippen LogP) is 2.63. The van der Waals surface area contributed by atoms with Crippen molar-refractivity contribution in [3.8, 4) is 0 Å². The Morgan fingerprint density at radius 1 is 0.917 bits per heavy atom. The van der Waals surface area contributed by atoms with Gasteiger partial charge in [0, 0.05) is 61.9 Å². The number of anilines is 2. The molecule has 2 atom stereocenters. The summed E-state index contributed by atoms with van der Waals surface area (Å²) in [5.41, 5.74) is 1.11. The summed E-state index contributed by atoms with van der Waals surface area (Å²) in [5.74, 6) is 5.37. The third kappa shape index (κ3) is 2.52. The van der Waals surface area contributed by atoms with Crippen molar-refractivity contribution in [1.29, 1.82) is 0 Å². The summed E-state index contributed by atoms with van der Waals surface area (Å²) in [7, 11) is 0. The zero-order valence-corrected chi connectivity index (χ0v) is 14.1. The van der Waals surface area contributed by atoms with E-state index in [2.05, 4.69) is 44.9 Å². The molecule has 2 aromatic rings. The SMILES string of the molecule is Cc1cc(N2CC3CN(c4ccccn4)CC3C2)nc(C2CC2)n1. The fourth-order valence-electron chi connectivity index (χ4n) is 4.17. The quantitative estimate of drug-likeness (QED) is 0.869. The van der Waals surface area contributed by atoms with E-state index in [9.17, 15) is 0 Å². The second-order valence-corrected chi connectivity index (χ2v) is 7.52. The molecule has 0 radical (unpaired) electrons. The molecule has 2 unspecified atom stereocenters. The van der Waals surface area contributed by atoms with Crippen LogP contribution in [0.2, 0.25) is 0 Å². The molecule has 2 aromatic heterocycles. The predicted molar refractivity (Wildman–Crippen MR) is 94.4 cm³/mol. The van der Waals surface area contributed by atoms with Gasteiger partial charge in [-0.05, 0) is 31.9 Å². The lowest BCUT2D eigenvalue weighted by molar-refractivity contribution is 0.533. The van der Waals surface area contributed by atoms with Gasteiger partial charge in [-0.25, -0.2) is 15.0 Å². The number of fused-ring (bicyclic) bond motifs is 1. The Balaban J connectivity index is 1.31. The molecule has 0 bridgehead atoms. The summed E-state index contributed by atoms with van der Waals surface area (Å²) < 4.78 is 0. The number of aryl methyl sites for hydroxylation is 1. The highest BCUT2D eigenvalue weighted by Crippen LogP contribution is 2.40. The maximum absolute atomic E-state index is 4.87. The highest BCUT2D eigenvalue weighted by molar-refractivity contribution is 5.45. The van der Waals surface area contributed by atoms with Gasteiger partial charge in [0.15, 0.2) is 0 Å². The largest absolute Gasteiger partial charge is 0.356 e. The lowest BCUT2D eigenvalue weighted by atomic mass is 10.0. The first-order chi connectivity index (χ1) is 11.8. The van der Waals surface area contributed by atoms with E-state index in [1.165, 1.54) is 12.8 Å². The molecule has 4 heterocycles. The number of hydrogen-bond donors (Lipinski definition) is 0. The van der Waals surface area contributed by atoms with Crippen LogP contribution in [-0.4, -0.2) is 41.1 Å². The zero-order chi connectivity index (χ0) is 16.1. The third-order valence-electron chi connectivity index (χ3n) is 5.58. The van der Waals surface area contributed by atoms with Gasteiger partial charge < -0.3 is 9.80 Å². The summed E-state index contributed by atoms with van der Waals surface area (Å²) in [4.78, 5) is 18.9. The van der Waals surface area contributed by atoms with Crippen LogP contribution in [0, 0.1) is 18.8 Å². The molecule has 2 aliphatic heterocycles. The van der Waals surface area contributed by atoms with Crippen LogP contribution in [0.15, 0.2) is 30.5 Å². The first-order valence-electron chi connectivity index (χ1n) is 9.03. The molecule has 124 valence electrons. The molecule has 0 N–H and O–H groups in total. The lowest BCUT2D eigenvalue weighted by Gasteiger charge is -2.23. The van der Waals surface area contributed by atoms with Crippen molar-refractivity contribution in [3.05, 3.63) is 42.0 Å².